The third kappa shape index (κ3) is 5.44. The zero-order chi connectivity index (χ0) is 25.6. The summed E-state index contributed by atoms with van der Waals surface area (Å²) >= 11 is 1.23. The van der Waals surface area contributed by atoms with E-state index >= 15 is 0 Å². The first-order valence-electron chi connectivity index (χ1n) is 12.0. The van der Waals surface area contributed by atoms with Crippen molar-refractivity contribution in [2.24, 2.45) is 0 Å². The summed E-state index contributed by atoms with van der Waals surface area (Å²) in [5.41, 5.74) is 4.20. The Hall–Kier alpha value is -4.30. The van der Waals surface area contributed by atoms with E-state index in [4.69, 9.17) is 9.72 Å². The summed E-state index contributed by atoms with van der Waals surface area (Å²) in [6.45, 7) is 2.91. The van der Waals surface area contributed by atoms with Crippen LogP contribution in [0.15, 0.2) is 101 Å². The van der Waals surface area contributed by atoms with Crippen molar-refractivity contribution in [3.8, 4) is 22.6 Å². The lowest BCUT2D eigenvalue weighted by Gasteiger charge is -2.13. The highest BCUT2D eigenvalue weighted by molar-refractivity contribution is 7.99. The van der Waals surface area contributed by atoms with Gasteiger partial charge in [0.15, 0.2) is 5.16 Å². The highest BCUT2D eigenvalue weighted by Gasteiger charge is 2.19. The van der Waals surface area contributed by atoms with Gasteiger partial charge >= 0.3 is 0 Å². The monoisotopic (exact) mass is 510 g/mol. The molecule has 5 rings (SSSR count). The van der Waals surface area contributed by atoms with Gasteiger partial charge in [-0.2, -0.15) is 0 Å². The van der Waals surface area contributed by atoms with Crippen LogP contribution in [-0.2, 0) is 11.3 Å². The van der Waals surface area contributed by atoms with Gasteiger partial charge in [0.1, 0.15) is 16.8 Å². The van der Waals surface area contributed by atoms with Crippen molar-refractivity contribution in [2.75, 3.05) is 12.4 Å². The summed E-state index contributed by atoms with van der Waals surface area (Å²) in [6.07, 6.45) is 1.80. The Kier molecular flexibility index (Phi) is 7.37. The third-order valence-electron chi connectivity index (χ3n) is 5.82. The first-order valence-corrected chi connectivity index (χ1v) is 13.0. The van der Waals surface area contributed by atoms with Gasteiger partial charge < -0.3 is 15.0 Å². The van der Waals surface area contributed by atoms with E-state index < -0.39 is 0 Å². The molecule has 0 fully saturated rings. The highest BCUT2D eigenvalue weighted by atomic mass is 32.2. The van der Waals surface area contributed by atoms with E-state index in [9.17, 15) is 9.59 Å². The van der Waals surface area contributed by atoms with E-state index in [1.165, 1.54) is 11.8 Å². The molecular weight excluding hydrogens is 484 g/mol. The van der Waals surface area contributed by atoms with Crippen molar-refractivity contribution in [3.63, 3.8) is 0 Å². The number of benzene rings is 3. The Morgan fingerprint density at radius 2 is 1.70 bits per heavy atom. The molecule has 186 valence electrons. The van der Waals surface area contributed by atoms with Crippen molar-refractivity contribution in [1.29, 1.82) is 0 Å². The summed E-state index contributed by atoms with van der Waals surface area (Å²) in [5, 5.41) is 3.37. The number of rotatable bonds is 9. The van der Waals surface area contributed by atoms with Gasteiger partial charge in [0, 0.05) is 18.3 Å². The topological polar surface area (TPSA) is 89.0 Å². The first kappa shape index (κ1) is 24.4. The number of nitrogens with zero attached hydrogens (tertiary/aromatic N) is 2. The van der Waals surface area contributed by atoms with E-state index in [-0.39, 0.29) is 17.2 Å². The summed E-state index contributed by atoms with van der Waals surface area (Å²) in [6, 6.07) is 26.8. The quantitative estimate of drug-likeness (QED) is 0.211. The fraction of sp³-hybridized carbons (Fsp3) is 0.138. The Morgan fingerprint density at radius 3 is 2.41 bits per heavy atom. The summed E-state index contributed by atoms with van der Waals surface area (Å²) in [4.78, 5) is 34.4. The number of nitrogens with one attached hydrogen (secondary N) is 2. The normalized spacial score (nSPS) is 10.9. The van der Waals surface area contributed by atoms with Crippen molar-refractivity contribution >= 4 is 28.7 Å². The zero-order valence-corrected chi connectivity index (χ0v) is 21.1. The minimum absolute atomic E-state index is 0.118. The van der Waals surface area contributed by atoms with Crippen molar-refractivity contribution in [3.05, 3.63) is 107 Å². The number of carbonyl (C=O) groups excluding carboxylic acids is 1. The van der Waals surface area contributed by atoms with Crippen LogP contribution < -0.4 is 15.6 Å². The molecule has 37 heavy (non-hydrogen) atoms. The molecule has 0 atom stereocenters. The molecular formula is C29H26N4O3S. The largest absolute Gasteiger partial charge is 0.494 e. The molecule has 0 aliphatic rings. The molecule has 0 unspecified atom stereocenters. The number of aromatic amines is 1. The fourth-order valence-corrected chi connectivity index (χ4v) is 4.87. The lowest BCUT2D eigenvalue weighted by atomic mass is 10.1. The first-order chi connectivity index (χ1) is 18.1. The van der Waals surface area contributed by atoms with Gasteiger partial charge in [-0.05, 0) is 42.3 Å². The molecule has 0 bridgehead atoms. The number of H-pyrrole nitrogens is 1. The van der Waals surface area contributed by atoms with Crippen molar-refractivity contribution < 1.29 is 9.53 Å². The van der Waals surface area contributed by atoms with Gasteiger partial charge in [0.2, 0.25) is 5.91 Å². The number of hydrogen-bond donors (Lipinski definition) is 2. The number of carbonyl (C=O) groups is 1. The van der Waals surface area contributed by atoms with E-state index in [1.54, 1.807) is 10.8 Å². The predicted molar refractivity (Wildman–Crippen MR) is 147 cm³/mol. The fourth-order valence-electron chi connectivity index (χ4n) is 4.04. The van der Waals surface area contributed by atoms with Crippen molar-refractivity contribution in [1.82, 2.24) is 19.9 Å². The summed E-state index contributed by atoms with van der Waals surface area (Å²) < 4.78 is 7.09. The Morgan fingerprint density at radius 1 is 1.00 bits per heavy atom. The molecule has 3 aromatic carbocycles. The molecule has 0 aliphatic heterocycles. The molecule has 0 saturated heterocycles. The SMILES string of the molecule is CCOc1ccc(-n2c(SCC(=O)NCc3ccccc3)nc3c(-c4ccccc4)c[nH]c3c2=O)cc1. The van der Waals surface area contributed by atoms with Gasteiger partial charge in [-0.15, -0.1) is 0 Å². The number of thioether (sulfide) groups is 1. The maximum atomic E-state index is 13.7. The van der Waals surface area contributed by atoms with Crippen LogP contribution in [0.1, 0.15) is 12.5 Å². The van der Waals surface area contributed by atoms with Crippen molar-refractivity contribution in [2.45, 2.75) is 18.6 Å². The number of fused-ring (bicyclic) bond motifs is 1. The van der Waals surface area contributed by atoms with E-state index in [0.29, 0.717) is 40.8 Å². The summed E-state index contributed by atoms with van der Waals surface area (Å²) in [5.74, 6) is 0.695. The van der Waals surface area contributed by atoms with E-state index in [2.05, 4.69) is 10.3 Å². The second-order valence-corrected chi connectivity index (χ2v) is 9.25. The zero-order valence-electron chi connectivity index (χ0n) is 20.3. The maximum absolute atomic E-state index is 13.7. The molecule has 8 heteroatoms. The van der Waals surface area contributed by atoms with Crippen LogP contribution in [0.4, 0.5) is 0 Å². The van der Waals surface area contributed by atoms with Crippen LogP contribution in [0.3, 0.4) is 0 Å². The van der Waals surface area contributed by atoms with Gasteiger partial charge in [0.05, 0.1) is 18.0 Å². The molecule has 5 aromatic rings. The average Bonchev–Trinajstić information content (AvgIpc) is 3.37. The Balaban J connectivity index is 1.50. The molecule has 0 spiro atoms. The van der Waals surface area contributed by atoms with Crippen LogP contribution in [0.25, 0.3) is 27.8 Å². The van der Waals surface area contributed by atoms with E-state index in [1.807, 2.05) is 91.9 Å². The van der Waals surface area contributed by atoms with Gasteiger partial charge in [-0.1, -0.05) is 72.4 Å². The predicted octanol–water partition coefficient (Wildman–Crippen LogP) is 5.19. The second-order valence-electron chi connectivity index (χ2n) is 8.30. The van der Waals surface area contributed by atoms with Crippen LogP contribution in [0.5, 0.6) is 5.75 Å². The van der Waals surface area contributed by atoms with Crippen LogP contribution >= 0.6 is 11.8 Å². The van der Waals surface area contributed by atoms with Gasteiger partial charge in [-0.3, -0.25) is 14.2 Å². The molecule has 0 saturated carbocycles. The molecule has 7 nitrogen and oxygen atoms in total. The number of aromatic nitrogens is 3. The third-order valence-corrected chi connectivity index (χ3v) is 6.76. The Bertz CT molecular complexity index is 1560. The van der Waals surface area contributed by atoms with Gasteiger partial charge in [0.25, 0.3) is 5.56 Å². The molecule has 0 aliphatic carbocycles. The maximum Gasteiger partial charge on any atom is 0.283 e. The number of ether oxygens (including phenoxy) is 1. The molecule has 2 aromatic heterocycles. The molecule has 1 amide bonds. The number of amides is 1. The van der Waals surface area contributed by atoms with Crippen LogP contribution in [0.2, 0.25) is 0 Å². The smallest absolute Gasteiger partial charge is 0.283 e. The van der Waals surface area contributed by atoms with Gasteiger partial charge in [-0.25, -0.2) is 4.98 Å². The average molecular weight is 511 g/mol. The van der Waals surface area contributed by atoms with E-state index in [0.717, 1.165) is 16.7 Å². The lowest BCUT2D eigenvalue weighted by Crippen LogP contribution is -2.26. The van der Waals surface area contributed by atoms with Crippen LogP contribution in [-0.4, -0.2) is 32.8 Å². The Labute approximate surface area is 218 Å². The molecule has 2 heterocycles. The minimum Gasteiger partial charge on any atom is -0.494 e. The molecule has 2 N–H and O–H groups in total. The standard InChI is InChI=1S/C29H26N4O3S/c1-2-36-23-15-13-22(14-16-23)33-28(35)27-26(24(18-31-27)21-11-7-4-8-12-21)32-29(33)37-19-25(34)30-17-20-9-5-3-6-10-20/h3-16,18,31H,2,17,19H2,1H3,(H,30,34). The highest BCUT2D eigenvalue weighted by Crippen LogP contribution is 2.29. The number of hydrogen-bond acceptors (Lipinski definition) is 5. The molecule has 0 radical (unpaired) electrons. The lowest BCUT2D eigenvalue weighted by molar-refractivity contribution is -0.118. The second kappa shape index (κ2) is 11.2. The van der Waals surface area contributed by atoms with Crippen LogP contribution in [0, 0.1) is 0 Å². The summed E-state index contributed by atoms with van der Waals surface area (Å²) in [7, 11) is 0. The minimum atomic E-state index is -0.233.